The molecule has 0 aliphatic carbocycles. The lowest BCUT2D eigenvalue weighted by molar-refractivity contribution is -0.155. The molecule has 1 atom stereocenters. The average molecular weight is 431 g/mol. The van der Waals surface area contributed by atoms with E-state index in [2.05, 4.69) is 6.92 Å². The summed E-state index contributed by atoms with van der Waals surface area (Å²) in [7, 11) is 0. The first kappa shape index (κ1) is 31.1. The Labute approximate surface area is 186 Å². The molecule has 30 heavy (non-hydrogen) atoms. The molecule has 0 heterocycles. The molecule has 0 bridgehead atoms. The van der Waals surface area contributed by atoms with E-state index in [4.69, 9.17) is 14.6 Å². The van der Waals surface area contributed by atoms with Crippen molar-refractivity contribution in [2.75, 3.05) is 19.8 Å². The van der Waals surface area contributed by atoms with Gasteiger partial charge in [0, 0.05) is 0 Å². The lowest BCUT2D eigenvalue weighted by Crippen LogP contribution is -2.26. The standard InChI is InChI=1S/C17H34O2.C8H16O3/c1-4-6-7-8-9-10-11-12-13-14-15-19-17(18)16(3)5-2;1-4-8(2,3)7(10)11-6-5-9/h16H,4-15H2,1-3H3;9H,4-6H2,1-3H3. The second kappa shape index (κ2) is 21.1. The molecular weight excluding hydrogens is 380 g/mol. The van der Waals surface area contributed by atoms with Crippen LogP contribution in [-0.4, -0.2) is 36.9 Å². The molecule has 5 nitrogen and oxygen atoms in total. The number of carbonyl (C=O) groups excluding carboxylic acids is 2. The van der Waals surface area contributed by atoms with E-state index in [0.29, 0.717) is 6.61 Å². The Kier molecular flexibility index (Phi) is 21.9. The maximum absolute atomic E-state index is 11.4. The maximum Gasteiger partial charge on any atom is 0.311 e. The highest BCUT2D eigenvalue weighted by Crippen LogP contribution is 2.21. The van der Waals surface area contributed by atoms with E-state index >= 15 is 0 Å². The Hall–Kier alpha value is -1.10. The van der Waals surface area contributed by atoms with Gasteiger partial charge in [-0.05, 0) is 33.1 Å². The zero-order valence-corrected chi connectivity index (χ0v) is 20.8. The Morgan fingerprint density at radius 3 is 1.73 bits per heavy atom. The number of ether oxygens (including phenoxy) is 2. The van der Waals surface area contributed by atoms with Gasteiger partial charge in [-0.2, -0.15) is 0 Å². The van der Waals surface area contributed by atoms with Crippen LogP contribution in [0, 0.1) is 11.3 Å². The third kappa shape index (κ3) is 18.9. The molecule has 0 aromatic carbocycles. The molecule has 1 N–H and O–H groups in total. The highest BCUT2D eigenvalue weighted by Gasteiger charge is 2.26. The summed E-state index contributed by atoms with van der Waals surface area (Å²) >= 11 is 0. The minimum absolute atomic E-state index is 0.0292. The van der Waals surface area contributed by atoms with Gasteiger partial charge in [-0.3, -0.25) is 9.59 Å². The van der Waals surface area contributed by atoms with Crippen molar-refractivity contribution in [1.82, 2.24) is 0 Å². The van der Waals surface area contributed by atoms with Crippen molar-refractivity contribution >= 4 is 11.9 Å². The third-order valence-corrected chi connectivity index (χ3v) is 5.52. The topological polar surface area (TPSA) is 72.8 Å². The number of esters is 2. The van der Waals surface area contributed by atoms with Crippen molar-refractivity contribution in [3.05, 3.63) is 0 Å². The largest absolute Gasteiger partial charge is 0.465 e. The normalized spacial score (nSPS) is 12.0. The maximum atomic E-state index is 11.4. The lowest BCUT2D eigenvalue weighted by Gasteiger charge is -2.19. The van der Waals surface area contributed by atoms with Crippen LogP contribution in [0.25, 0.3) is 0 Å². The molecule has 0 aromatic heterocycles. The first-order chi connectivity index (χ1) is 14.3. The van der Waals surface area contributed by atoms with E-state index in [9.17, 15) is 9.59 Å². The van der Waals surface area contributed by atoms with Gasteiger partial charge in [-0.1, -0.05) is 85.5 Å². The van der Waals surface area contributed by atoms with E-state index in [1.54, 1.807) is 0 Å². The molecule has 0 aromatic rings. The molecular formula is C25H50O5. The van der Waals surface area contributed by atoms with Crippen LogP contribution in [0.1, 0.15) is 119 Å². The van der Waals surface area contributed by atoms with Crippen LogP contribution in [0.2, 0.25) is 0 Å². The smallest absolute Gasteiger partial charge is 0.311 e. The SMILES string of the molecule is CCC(C)(C)C(=O)OCCO.CCCCCCCCCCCCOC(=O)C(C)CC. The summed E-state index contributed by atoms with van der Waals surface area (Å²) in [6.45, 7) is 12.4. The minimum Gasteiger partial charge on any atom is -0.465 e. The number of hydrogen-bond donors (Lipinski definition) is 1. The Morgan fingerprint density at radius 1 is 0.800 bits per heavy atom. The van der Waals surface area contributed by atoms with Crippen molar-refractivity contribution in [3.63, 3.8) is 0 Å². The molecule has 0 aliphatic heterocycles. The van der Waals surface area contributed by atoms with Gasteiger partial charge in [-0.25, -0.2) is 0 Å². The fraction of sp³-hybridized carbons (Fsp3) is 0.920. The number of aliphatic hydroxyl groups excluding tert-OH is 1. The van der Waals surface area contributed by atoms with Crippen LogP contribution in [0.15, 0.2) is 0 Å². The molecule has 0 amide bonds. The van der Waals surface area contributed by atoms with Gasteiger partial charge in [0.1, 0.15) is 6.61 Å². The molecule has 5 heteroatoms. The molecule has 0 radical (unpaired) electrons. The first-order valence-electron chi connectivity index (χ1n) is 12.2. The van der Waals surface area contributed by atoms with Crippen LogP contribution in [0.5, 0.6) is 0 Å². The van der Waals surface area contributed by atoms with Crippen LogP contribution < -0.4 is 0 Å². The van der Waals surface area contributed by atoms with Gasteiger partial charge < -0.3 is 14.6 Å². The monoisotopic (exact) mass is 430 g/mol. The first-order valence-corrected chi connectivity index (χ1v) is 12.2. The van der Waals surface area contributed by atoms with Crippen LogP contribution in [-0.2, 0) is 19.1 Å². The number of hydrogen-bond acceptors (Lipinski definition) is 5. The van der Waals surface area contributed by atoms with Gasteiger partial charge in [0.2, 0.25) is 0 Å². The molecule has 1 unspecified atom stereocenters. The summed E-state index contributed by atoms with van der Waals surface area (Å²) in [5, 5.41) is 8.38. The second-order valence-electron chi connectivity index (χ2n) is 8.76. The van der Waals surface area contributed by atoms with E-state index in [0.717, 1.165) is 19.3 Å². The van der Waals surface area contributed by atoms with Crippen LogP contribution in [0.3, 0.4) is 0 Å². The van der Waals surface area contributed by atoms with Gasteiger partial charge in [-0.15, -0.1) is 0 Å². The second-order valence-corrected chi connectivity index (χ2v) is 8.76. The molecule has 0 saturated heterocycles. The summed E-state index contributed by atoms with van der Waals surface area (Å²) in [4.78, 5) is 22.5. The van der Waals surface area contributed by atoms with E-state index in [1.807, 2.05) is 34.6 Å². The molecule has 0 aliphatic rings. The quantitative estimate of drug-likeness (QED) is 0.212. The summed E-state index contributed by atoms with van der Waals surface area (Å²) in [5.74, 6) is -0.212. The number of rotatable bonds is 17. The molecule has 0 fully saturated rings. The number of aliphatic hydroxyl groups is 1. The van der Waals surface area contributed by atoms with Gasteiger partial charge in [0.25, 0.3) is 0 Å². The molecule has 0 saturated carbocycles. The highest BCUT2D eigenvalue weighted by molar-refractivity contribution is 5.75. The van der Waals surface area contributed by atoms with E-state index < -0.39 is 5.41 Å². The van der Waals surface area contributed by atoms with E-state index in [-0.39, 0.29) is 31.1 Å². The van der Waals surface area contributed by atoms with Crippen molar-refractivity contribution < 1.29 is 24.2 Å². The fourth-order valence-electron chi connectivity index (χ4n) is 2.55. The number of unbranched alkanes of at least 4 members (excludes halogenated alkanes) is 9. The minimum atomic E-state index is -0.421. The zero-order valence-electron chi connectivity index (χ0n) is 20.8. The van der Waals surface area contributed by atoms with Gasteiger partial charge >= 0.3 is 11.9 Å². The molecule has 180 valence electrons. The lowest BCUT2D eigenvalue weighted by atomic mass is 9.91. The predicted octanol–water partition coefficient (Wildman–Crippen LogP) is 6.45. The summed E-state index contributed by atoms with van der Waals surface area (Å²) in [5.41, 5.74) is -0.421. The average Bonchev–Trinajstić information content (AvgIpc) is 2.75. The van der Waals surface area contributed by atoms with Crippen molar-refractivity contribution in [2.45, 2.75) is 119 Å². The van der Waals surface area contributed by atoms with Crippen molar-refractivity contribution in [1.29, 1.82) is 0 Å². The third-order valence-electron chi connectivity index (χ3n) is 5.52. The van der Waals surface area contributed by atoms with E-state index in [1.165, 1.54) is 57.8 Å². The van der Waals surface area contributed by atoms with Crippen molar-refractivity contribution in [2.24, 2.45) is 11.3 Å². The Bertz CT molecular complexity index is 406. The predicted molar refractivity (Wildman–Crippen MR) is 124 cm³/mol. The van der Waals surface area contributed by atoms with Crippen LogP contribution in [0.4, 0.5) is 0 Å². The fourth-order valence-corrected chi connectivity index (χ4v) is 2.55. The highest BCUT2D eigenvalue weighted by atomic mass is 16.5. The van der Waals surface area contributed by atoms with Gasteiger partial charge in [0.15, 0.2) is 0 Å². The Morgan fingerprint density at radius 2 is 1.30 bits per heavy atom. The molecule has 0 rings (SSSR count). The Balaban J connectivity index is 0. The summed E-state index contributed by atoms with van der Waals surface area (Å²) in [6, 6.07) is 0. The molecule has 0 spiro atoms. The number of carbonyl (C=O) groups is 2. The van der Waals surface area contributed by atoms with Gasteiger partial charge in [0.05, 0.1) is 24.5 Å². The summed E-state index contributed by atoms with van der Waals surface area (Å²) < 4.78 is 9.99. The zero-order chi connectivity index (χ0) is 23.3. The van der Waals surface area contributed by atoms with Crippen LogP contribution >= 0.6 is 0 Å². The summed E-state index contributed by atoms with van der Waals surface area (Å²) in [6.07, 6.45) is 14.8. The van der Waals surface area contributed by atoms with Crippen molar-refractivity contribution in [3.8, 4) is 0 Å².